The summed E-state index contributed by atoms with van der Waals surface area (Å²) >= 11 is 0. The number of hydrogen-bond acceptors (Lipinski definition) is 7. The normalized spacial score (nSPS) is 32.3. The lowest BCUT2D eigenvalue weighted by Gasteiger charge is -2.35. The van der Waals surface area contributed by atoms with Gasteiger partial charge in [0.05, 0.1) is 18.1 Å². The quantitative estimate of drug-likeness (QED) is 0.236. The van der Waals surface area contributed by atoms with E-state index in [1.807, 2.05) is 55.5 Å². The molecule has 0 radical (unpaired) electrons. The van der Waals surface area contributed by atoms with E-state index in [2.05, 4.69) is 6.92 Å². The van der Waals surface area contributed by atoms with Crippen LogP contribution in [0, 0.1) is 11.8 Å². The number of esters is 1. The maximum atomic E-state index is 14.5. The lowest BCUT2D eigenvalue weighted by atomic mass is 9.77. The van der Waals surface area contributed by atoms with Gasteiger partial charge in [-0.2, -0.15) is 0 Å². The third-order valence-electron chi connectivity index (χ3n) is 10.1. The number of likely N-dealkylation sites (N-methyl/N-ethyl adjacent to an activating group) is 1. The maximum absolute atomic E-state index is 14.5. The van der Waals surface area contributed by atoms with E-state index in [-0.39, 0.29) is 30.7 Å². The average molecular weight is 636 g/mol. The lowest BCUT2D eigenvalue weighted by Crippen LogP contribution is -2.55. The molecule has 0 unspecified atom stereocenters. The number of amides is 3. The van der Waals surface area contributed by atoms with Crippen molar-refractivity contribution in [2.75, 3.05) is 33.3 Å². The zero-order chi connectivity index (χ0) is 32.8. The van der Waals surface area contributed by atoms with Gasteiger partial charge in [-0.05, 0) is 38.2 Å². The van der Waals surface area contributed by atoms with Gasteiger partial charge >= 0.3 is 5.97 Å². The third-order valence-corrected chi connectivity index (χ3v) is 10.1. The van der Waals surface area contributed by atoms with Crippen LogP contribution in [0.25, 0.3) is 0 Å². The second-order valence-corrected chi connectivity index (χ2v) is 13.0. The number of aliphatic hydroxyl groups excluding tert-OH is 1. The molecular formula is C36H49N3O7. The fourth-order valence-electron chi connectivity index (χ4n) is 7.47. The number of fused-ring (bicyclic) bond motifs is 2. The predicted octanol–water partition coefficient (Wildman–Crippen LogP) is 3.80. The summed E-state index contributed by atoms with van der Waals surface area (Å²) in [5, 5.41) is 9.22. The van der Waals surface area contributed by atoms with Crippen LogP contribution in [0.4, 0.5) is 0 Å². The van der Waals surface area contributed by atoms with Crippen molar-refractivity contribution < 1.29 is 33.8 Å². The number of ether oxygens (including phenoxy) is 2. The first-order valence-corrected chi connectivity index (χ1v) is 17.0. The van der Waals surface area contributed by atoms with E-state index >= 15 is 0 Å². The molecule has 5 rings (SSSR count). The summed E-state index contributed by atoms with van der Waals surface area (Å²) in [7, 11) is 1.72. The van der Waals surface area contributed by atoms with Crippen LogP contribution in [0.1, 0.15) is 76.9 Å². The zero-order valence-corrected chi connectivity index (χ0v) is 27.4. The Morgan fingerprint density at radius 3 is 2.46 bits per heavy atom. The van der Waals surface area contributed by atoms with Crippen molar-refractivity contribution in [2.24, 2.45) is 11.8 Å². The SMILES string of the molecule is CCCCN1CC=C[C@]23O[C@@H]4/C=C\CCC(=O)N(C)[C@H](C)[C@@H](c5ccccc5)OC(=O)[C@@H]4[C@H]2C(=O)N(CCCCCCO)[C@@H]3C1=O. The number of unbranched alkanes of at least 4 members (excludes halogenated alkanes) is 4. The molecule has 46 heavy (non-hydrogen) atoms. The highest BCUT2D eigenvalue weighted by molar-refractivity contribution is 5.99. The summed E-state index contributed by atoms with van der Waals surface area (Å²) in [4.78, 5) is 61.5. The van der Waals surface area contributed by atoms with Crippen molar-refractivity contribution in [1.29, 1.82) is 0 Å². The Bertz CT molecular complexity index is 1320. The Morgan fingerprint density at radius 1 is 0.957 bits per heavy atom. The molecule has 2 fully saturated rings. The molecule has 0 aliphatic carbocycles. The first-order valence-electron chi connectivity index (χ1n) is 17.0. The van der Waals surface area contributed by atoms with E-state index in [0.29, 0.717) is 38.9 Å². The molecule has 10 heteroatoms. The average Bonchev–Trinajstić information content (AvgIpc) is 3.44. The molecule has 1 aromatic rings. The molecule has 0 aromatic heterocycles. The van der Waals surface area contributed by atoms with Crippen LogP contribution in [0.5, 0.6) is 0 Å². The van der Waals surface area contributed by atoms with Gasteiger partial charge in [-0.25, -0.2) is 0 Å². The predicted molar refractivity (Wildman–Crippen MR) is 172 cm³/mol. The number of likely N-dealkylation sites (tertiary alicyclic amines) is 1. The summed E-state index contributed by atoms with van der Waals surface area (Å²) in [6.07, 6.45) is 11.3. The number of allylic oxidation sites excluding steroid dienone is 1. The summed E-state index contributed by atoms with van der Waals surface area (Å²) in [6, 6.07) is 7.98. The van der Waals surface area contributed by atoms with Gasteiger partial charge in [-0.15, -0.1) is 0 Å². The minimum Gasteiger partial charge on any atom is -0.455 e. The van der Waals surface area contributed by atoms with Gasteiger partial charge in [0.15, 0.2) is 0 Å². The van der Waals surface area contributed by atoms with Crippen LogP contribution in [-0.2, 0) is 28.7 Å². The number of carbonyl (C=O) groups excluding carboxylic acids is 4. The van der Waals surface area contributed by atoms with E-state index in [4.69, 9.17) is 9.47 Å². The molecule has 2 saturated heterocycles. The minimum atomic E-state index is -1.33. The molecule has 1 spiro atoms. The molecule has 1 N–H and O–H groups in total. The summed E-state index contributed by atoms with van der Waals surface area (Å²) in [5.41, 5.74) is -0.587. The molecule has 7 atom stereocenters. The van der Waals surface area contributed by atoms with E-state index in [1.165, 1.54) is 0 Å². The fraction of sp³-hybridized carbons (Fsp3) is 0.611. The number of hydrogen-bond donors (Lipinski definition) is 1. The topological polar surface area (TPSA) is 117 Å². The molecular weight excluding hydrogens is 586 g/mol. The van der Waals surface area contributed by atoms with Gasteiger partial charge in [0, 0.05) is 39.7 Å². The molecule has 1 aromatic carbocycles. The fourth-order valence-corrected chi connectivity index (χ4v) is 7.47. The van der Waals surface area contributed by atoms with Crippen LogP contribution in [-0.4, -0.2) is 101 Å². The highest BCUT2D eigenvalue weighted by Crippen LogP contribution is 2.53. The van der Waals surface area contributed by atoms with Crippen LogP contribution in [0.15, 0.2) is 54.6 Å². The Hall–Kier alpha value is -3.50. The van der Waals surface area contributed by atoms with Crippen LogP contribution in [0.3, 0.4) is 0 Å². The van der Waals surface area contributed by atoms with Crippen LogP contribution >= 0.6 is 0 Å². The third kappa shape index (κ3) is 6.51. The molecule has 4 aliphatic rings. The molecule has 3 amide bonds. The highest BCUT2D eigenvalue weighted by Gasteiger charge is 2.71. The Morgan fingerprint density at radius 2 is 1.72 bits per heavy atom. The van der Waals surface area contributed by atoms with Crippen molar-refractivity contribution >= 4 is 23.7 Å². The molecule has 10 nitrogen and oxygen atoms in total. The van der Waals surface area contributed by atoms with Crippen molar-refractivity contribution in [2.45, 2.75) is 95.1 Å². The Labute approximate surface area is 272 Å². The van der Waals surface area contributed by atoms with Gasteiger partial charge < -0.3 is 29.3 Å². The van der Waals surface area contributed by atoms with Crippen molar-refractivity contribution in [3.05, 3.63) is 60.2 Å². The minimum absolute atomic E-state index is 0.0663. The van der Waals surface area contributed by atoms with E-state index in [0.717, 1.165) is 31.2 Å². The largest absolute Gasteiger partial charge is 0.455 e. The van der Waals surface area contributed by atoms with E-state index in [1.54, 1.807) is 27.8 Å². The van der Waals surface area contributed by atoms with Gasteiger partial charge in [-0.1, -0.05) is 80.8 Å². The Balaban J connectivity index is 1.55. The first kappa shape index (κ1) is 33.9. The van der Waals surface area contributed by atoms with E-state index < -0.39 is 47.7 Å². The standard InChI is InChI=1S/C36H49N3O7/c1-4-5-21-38-22-15-20-36-30(33(42)39(32(36)34(38)43)23-13-6-7-14-24-40)29-27(46-36)18-11-12-19-28(41)37(3)25(2)31(45-35(29)44)26-16-9-8-10-17-26/h8-11,15-18,20,25,27,29-32,40H,4-7,12-14,19,21-24H2,1-3H3/b18-11-/t25-,27-,29+,30+,31+,32-,36+/m1/s1. The summed E-state index contributed by atoms with van der Waals surface area (Å²) in [5.74, 6) is -3.01. The molecule has 4 aliphatic heterocycles. The van der Waals surface area contributed by atoms with Gasteiger partial charge in [-0.3, -0.25) is 19.2 Å². The molecule has 0 bridgehead atoms. The monoisotopic (exact) mass is 635 g/mol. The number of rotatable bonds is 10. The number of benzene rings is 1. The van der Waals surface area contributed by atoms with Crippen molar-refractivity contribution in [3.63, 3.8) is 0 Å². The van der Waals surface area contributed by atoms with Gasteiger partial charge in [0.25, 0.3) is 0 Å². The molecule has 0 saturated carbocycles. The first-order chi connectivity index (χ1) is 22.2. The number of nitrogens with zero attached hydrogens (tertiary/aromatic N) is 3. The molecule has 4 heterocycles. The van der Waals surface area contributed by atoms with Gasteiger partial charge in [0.2, 0.25) is 17.7 Å². The smallest absolute Gasteiger partial charge is 0.313 e. The Kier molecular flexibility index (Phi) is 11.0. The zero-order valence-electron chi connectivity index (χ0n) is 27.4. The van der Waals surface area contributed by atoms with Crippen LogP contribution in [0.2, 0.25) is 0 Å². The summed E-state index contributed by atoms with van der Waals surface area (Å²) < 4.78 is 13.1. The lowest BCUT2D eigenvalue weighted by molar-refractivity contribution is -0.164. The van der Waals surface area contributed by atoms with E-state index in [9.17, 15) is 24.3 Å². The number of cyclic esters (lactones) is 1. The van der Waals surface area contributed by atoms with Crippen LogP contribution < -0.4 is 0 Å². The van der Waals surface area contributed by atoms with Gasteiger partial charge in [0.1, 0.15) is 23.7 Å². The van der Waals surface area contributed by atoms with Crippen molar-refractivity contribution in [3.8, 4) is 0 Å². The summed E-state index contributed by atoms with van der Waals surface area (Å²) in [6.45, 7) is 5.39. The number of aliphatic hydroxyl groups is 1. The highest BCUT2D eigenvalue weighted by atomic mass is 16.6. The molecule has 250 valence electrons. The van der Waals surface area contributed by atoms with Crippen molar-refractivity contribution in [1.82, 2.24) is 14.7 Å². The second kappa shape index (κ2) is 14.9. The second-order valence-electron chi connectivity index (χ2n) is 13.0. The maximum Gasteiger partial charge on any atom is 0.313 e. The number of carbonyl (C=O) groups is 4.